The number of thiazole rings is 1. The Morgan fingerprint density at radius 3 is 2.62 bits per heavy atom. The highest BCUT2D eigenvalue weighted by atomic mass is 35.5. The summed E-state index contributed by atoms with van der Waals surface area (Å²) in [5, 5.41) is 4.97. The van der Waals surface area contributed by atoms with Crippen molar-refractivity contribution < 1.29 is 9.53 Å². The first-order valence-corrected chi connectivity index (χ1v) is 9.46. The first kappa shape index (κ1) is 18.7. The highest BCUT2D eigenvalue weighted by Gasteiger charge is 2.13. The number of amides is 1. The molecule has 0 saturated heterocycles. The van der Waals surface area contributed by atoms with E-state index in [1.165, 1.54) is 11.3 Å². The van der Waals surface area contributed by atoms with Gasteiger partial charge in [-0.15, -0.1) is 11.3 Å². The molecule has 0 spiro atoms. The second-order valence-corrected chi connectivity index (χ2v) is 7.45. The van der Waals surface area contributed by atoms with E-state index in [9.17, 15) is 4.79 Å². The Morgan fingerprint density at radius 2 is 1.88 bits per heavy atom. The zero-order valence-electron chi connectivity index (χ0n) is 14.0. The zero-order chi connectivity index (χ0) is 18.5. The molecule has 0 atom stereocenters. The van der Waals surface area contributed by atoms with Gasteiger partial charge in [-0.3, -0.25) is 4.79 Å². The molecule has 7 heteroatoms. The standard InChI is InChI=1S/C19H16Cl2N2O2S/c1-12-17(26-19(23-12)15-4-2-3-5-16(15)21)10-22-18(24)11-25-14-8-6-13(20)7-9-14/h2-9H,10-11H2,1H3,(H,22,24). The summed E-state index contributed by atoms with van der Waals surface area (Å²) >= 11 is 13.6. The van der Waals surface area contributed by atoms with Gasteiger partial charge < -0.3 is 10.1 Å². The maximum Gasteiger partial charge on any atom is 0.258 e. The van der Waals surface area contributed by atoms with Crippen molar-refractivity contribution in [3.63, 3.8) is 0 Å². The molecule has 0 aliphatic carbocycles. The van der Waals surface area contributed by atoms with Crippen molar-refractivity contribution >= 4 is 40.4 Å². The number of hydrogen-bond acceptors (Lipinski definition) is 4. The number of hydrogen-bond donors (Lipinski definition) is 1. The summed E-state index contributed by atoms with van der Waals surface area (Å²) in [5.41, 5.74) is 1.77. The first-order valence-electron chi connectivity index (χ1n) is 7.89. The van der Waals surface area contributed by atoms with Crippen LogP contribution in [0.5, 0.6) is 5.75 Å². The fourth-order valence-electron chi connectivity index (χ4n) is 2.25. The molecule has 26 heavy (non-hydrogen) atoms. The molecule has 0 fully saturated rings. The van der Waals surface area contributed by atoms with E-state index in [1.54, 1.807) is 24.3 Å². The van der Waals surface area contributed by atoms with Gasteiger partial charge >= 0.3 is 0 Å². The Labute approximate surface area is 165 Å². The van der Waals surface area contributed by atoms with Gasteiger partial charge in [-0.05, 0) is 37.3 Å². The van der Waals surface area contributed by atoms with Crippen LogP contribution < -0.4 is 10.1 Å². The molecule has 3 aromatic rings. The molecule has 0 aliphatic heterocycles. The molecule has 0 radical (unpaired) electrons. The Bertz CT molecular complexity index is 910. The number of halogens is 2. The largest absolute Gasteiger partial charge is 0.484 e. The van der Waals surface area contributed by atoms with Crippen LogP contribution in [0.15, 0.2) is 48.5 Å². The molecular formula is C19H16Cl2N2O2S. The lowest BCUT2D eigenvalue weighted by atomic mass is 10.2. The molecule has 2 aromatic carbocycles. The first-order chi connectivity index (χ1) is 12.5. The van der Waals surface area contributed by atoms with E-state index in [4.69, 9.17) is 27.9 Å². The molecule has 1 heterocycles. The van der Waals surface area contributed by atoms with E-state index in [1.807, 2.05) is 31.2 Å². The van der Waals surface area contributed by atoms with E-state index in [-0.39, 0.29) is 12.5 Å². The molecule has 4 nitrogen and oxygen atoms in total. The lowest BCUT2D eigenvalue weighted by molar-refractivity contribution is -0.123. The molecule has 0 aliphatic rings. The fraction of sp³-hybridized carbons (Fsp3) is 0.158. The van der Waals surface area contributed by atoms with E-state index in [0.717, 1.165) is 21.1 Å². The number of carbonyl (C=O) groups is 1. The van der Waals surface area contributed by atoms with Crippen molar-refractivity contribution in [3.05, 3.63) is 69.1 Å². The molecule has 3 rings (SSSR count). The number of nitrogens with one attached hydrogen (secondary N) is 1. The minimum absolute atomic E-state index is 0.0587. The number of benzene rings is 2. The summed E-state index contributed by atoms with van der Waals surface area (Å²) < 4.78 is 5.43. The molecule has 0 bridgehead atoms. The van der Waals surface area contributed by atoms with Gasteiger partial charge in [0.25, 0.3) is 5.91 Å². The van der Waals surface area contributed by atoms with E-state index < -0.39 is 0 Å². The van der Waals surface area contributed by atoms with Gasteiger partial charge in [0, 0.05) is 15.5 Å². The molecular weight excluding hydrogens is 391 g/mol. The molecule has 1 N–H and O–H groups in total. The van der Waals surface area contributed by atoms with Gasteiger partial charge in [0.1, 0.15) is 10.8 Å². The van der Waals surface area contributed by atoms with Gasteiger partial charge in [-0.25, -0.2) is 4.98 Å². The smallest absolute Gasteiger partial charge is 0.258 e. The SMILES string of the molecule is Cc1nc(-c2ccccc2Cl)sc1CNC(=O)COc1ccc(Cl)cc1. The van der Waals surface area contributed by atoms with Crippen LogP contribution in [-0.2, 0) is 11.3 Å². The third kappa shape index (κ3) is 4.75. The zero-order valence-corrected chi connectivity index (χ0v) is 16.3. The van der Waals surface area contributed by atoms with Crippen molar-refractivity contribution in [2.24, 2.45) is 0 Å². The van der Waals surface area contributed by atoms with Crippen LogP contribution >= 0.6 is 34.5 Å². The highest BCUT2D eigenvalue weighted by Crippen LogP contribution is 2.32. The second kappa shape index (κ2) is 8.54. The number of aromatic nitrogens is 1. The Kier molecular flexibility index (Phi) is 6.14. The number of ether oxygens (including phenoxy) is 1. The summed E-state index contributed by atoms with van der Waals surface area (Å²) in [6.07, 6.45) is 0. The quantitative estimate of drug-likeness (QED) is 0.617. The van der Waals surface area contributed by atoms with Crippen molar-refractivity contribution in [2.45, 2.75) is 13.5 Å². The van der Waals surface area contributed by atoms with Gasteiger partial charge in [0.15, 0.2) is 6.61 Å². The fourth-order valence-corrected chi connectivity index (χ4v) is 3.70. The molecule has 0 unspecified atom stereocenters. The summed E-state index contributed by atoms with van der Waals surface area (Å²) in [5.74, 6) is 0.395. The Morgan fingerprint density at radius 1 is 1.15 bits per heavy atom. The third-order valence-corrected chi connectivity index (χ3v) is 5.40. The average Bonchev–Trinajstić information content (AvgIpc) is 3.00. The molecule has 1 amide bonds. The van der Waals surface area contributed by atoms with Crippen LogP contribution in [0.25, 0.3) is 10.6 Å². The average molecular weight is 407 g/mol. The Balaban J connectivity index is 1.57. The van der Waals surface area contributed by atoms with Gasteiger partial charge in [-0.1, -0.05) is 41.4 Å². The minimum Gasteiger partial charge on any atom is -0.484 e. The molecule has 134 valence electrons. The minimum atomic E-state index is -0.202. The predicted octanol–water partition coefficient (Wildman–Crippen LogP) is 5.12. The van der Waals surface area contributed by atoms with Gasteiger partial charge in [0.2, 0.25) is 0 Å². The topological polar surface area (TPSA) is 51.2 Å². The predicted molar refractivity (Wildman–Crippen MR) is 106 cm³/mol. The van der Waals surface area contributed by atoms with Gasteiger partial charge in [-0.2, -0.15) is 0 Å². The van der Waals surface area contributed by atoms with Crippen molar-refractivity contribution in [2.75, 3.05) is 6.61 Å². The third-order valence-electron chi connectivity index (χ3n) is 3.63. The summed E-state index contributed by atoms with van der Waals surface area (Å²) in [6.45, 7) is 2.26. The number of aryl methyl sites for hydroxylation is 1. The van der Waals surface area contributed by atoms with Crippen LogP contribution in [0.3, 0.4) is 0 Å². The van der Waals surface area contributed by atoms with Crippen molar-refractivity contribution in [1.29, 1.82) is 0 Å². The lowest BCUT2D eigenvalue weighted by Gasteiger charge is -2.07. The normalized spacial score (nSPS) is 10.6. The van der Waals surface area contributed by atoms with Crippen LogP contribution in [0.4, 0.5) is 0 Å². The van der Waals surface area contributed by atoms with Crippen LogP contribution in [0.1, 0.15) is 10.6 Å². The van der Waals surface area contributed by atoms with Crippen LogP contribution in [0.2, 0.25) is 10.0 Å². The van der Waals surface area contributed by atoms with Gasteiger partial charge in [0.05, 0.1) is 17.3 Å². The van der Waals surface area contributed by atoms with E-state index in [0.29, 0.717) is 22.3 Å². The molecule has 0 saturated carbocycles. The number of rotatable bonds is 6. The van der Waals surface area contributed by atoms with Crippen LogP contribution in [0, 0.1) is 6.92 Å². The summed E-state index contributed by atoms with van der Waals surface area (Å²) in [4.78, 5) is 17.5. The Hall–Kier alpha value is -2.08. The molecule has 1 aromatic heterocycles. The van der Waals surface area contributed by atoms with Crippen molar-refractivity contribution in [1.82, 2.24) is 10.3 Å². The van der Waals surface area contributed by atoms with E-state index in [2.05, 4.69) is 10.3 Å². The summed E-state index contributed by atoms with van der Waals surface area (Å²) in [6, 6.07) is 14.4. The highest BCUT2D eigenvalue weighted by molar-refractivity contribution is 7.15. The lowest BCUT2D eigenvalue weighted by Crippen LogP contribution is -2.28. The van der Waals surface area contributed by atoms with E-state index >= 15 is 0 Å². The van der Waals surface area contributed by atoms with Crippen LogP contribution in [-0.4, -0.2) is 17.5 Å². The number of nitrogens with zero attached hydrogens (tertiary/aromatic N) is 1. The van der Waals surface area contributed by atoms with Crippen molar-refractivity contribution in [3.8, 4) is 16.3 Å². The second-order valence-electron chi connectivity index (χ2n) is 5.53. The summed E-state index contributed by atoms with van der Waals surface area (Å²) in [7, 11) is 0. The maximum absolute atomic E-state index is 12.0. The maximum atomic E-state index is 12.0. The monoisotopic (exact) mass is 406 g/mol. The number of carbonyl (C=O) groups excluding carboxylic acids is 1.